The van der Waals surface area contributed by atoms with Crippen LogP contribution in [0.3, 0.4) is 0 Å². The Kier molecular flexibility index (Phi) is 4.67. The Morgan fingerprint density at radius 3 is 2.21 bits per heavy atom. The number of hydrogen-bond donors (Lipinski definition) is 1. The van der Waals surface area contributed by atoms with Crippen molar-refractivity contribution in [2.24, 2.45) is 5.92 Å². The maximum Gasteiger partial charge on any atom is 0.0818 e. The van der Waals surface area contributed by atoms with Crippen molar-refractivity contribution >= 4 is 0 Å². The Morgan fingerprint density at radius 2 is 1.68 bits per heavy atom. The fraction of sp³-hybridized carbons (Fsp3) is 0.667. The molecule has 0 spiro atoms. The largest absolute Gasteiger partial charge is 0.388 e. The standard InChI is InChI=1S/C18H28O/c1-4-18(2,3)16-12-10-15(11-13-16)17(19)14-8-6-5-7-9-14/h10-14,17,19H,4-9H2,1-3H3. The maximum atomic E-state index is 10.5. The van der Waals surface area contributed by atoms with E-state index in [1.807, 2.05) is 0 Å². The van der Waals surface area contributed by atoms with E-state index >= 15 is 0 Å². The van der Waals surface area contributed by atoms with Crippen LogP contribution in [0.4, 0.5) is 0 Å². The zero-order chi connectivity index (χ0) is 13.9. The zero-order valence-electron chi connectivity index (χ0n) is 12.7. The fourth-order valence-electron chi connectivity index (χ4n) is 3.06. The van der Waals surface area contributed by atoms with Gasteiger partial charge in [0.25, 0.3) is 0 Å². The Hall–Kier alpha value is -0.820. The van der Waals surface area contributed by atoms with Crippen LogP contribution in [-0.4, -0.2) is 5.11 Å². The number of hydrogen-bond acceptors (Lipinski definition) is 1. The monoisotopic (exact) mass is 260 g/mol. The summed E-state index contributed by atoms with van der Waals surface area (Å²) < 4.78 is 0. The van der Waals surface area contributed by atoms with Crippen molar-refractivity contribution in [1.82, 2.24) is 0 Å². The molecule has 1 aromatic carbocycles. The third-order valence-electron chi connectivity index (χ3n) is 5.01. The topological polar surface area (TPSA) is 20.2 Å². The van der Waals surface area contributed by atoms with Crippen molar-refractivity contribution in [3.63, 3.8) is 0 Å². The van der Waals surface area contributed by atoms with Crippen LogP contribution in [0.5, 0.6) is 0 Å². The quantitative estimate of drug-likeness (QED) is 0.808. The summed E-state index contributed by atoms with van der Waals surface area (Å²) in [6.45, 7) is 6.78. The van der Waals surface area contributed by atoms with Gasteiger partial charge in [-0.05, 0) is 41.7 Å². The van der Waals surface area contributed by atoms with Gasteiger partial charge >= 0.3 is 0 Å². The van der Waals surface area contributed by atoms with Crippen LogP contribution in [-0.2, 0) is 5.41 Å². The molecule has 1 saturated carbocycles. The van der Waals surface area contributed by atoms with Gasteiger partial charge in [-0.15, -0.1) is 0 Å². The SMILES string of the molecule is CCC(C)(C)c1ccc(C(O)C2CCCCC2)cc1. The van der Waals surface area contributed by atoms with E-state index < -0.39 is 0 Å². The third kappa shape index (κ3) is 3.39. The van der Waals surface area contributed by atoms with Crippen LogP contribution >= 0.6 is 0 Å². The molecule has 0 saturated heterocycles. The smallest absolute Gasteiger partial charge is 0.0818 e. The first-order valence-corrected chi connectivity index (χ1v) is 7.83. The van der Waals surface area contributed by atoms with Gasteiger partial charge in [0, 0.05) is 0 Å². The van der Waals surface area contributed by atoms with E-state index in [2.05, 4.69) is 45.0 Å². The minimum atomic E-state index is -0.265. The Labute approximate surface area is 118 Å². The lowest BCUT2D eigenvalue weighted by Gasteiger charge is -2.28. The van der Waals surface area contributed by atoms with Gasteiger partial charge in [0.05, 0.1) is 6.10 Å². The first kappa shape index (κ1) is 14.6. The summed E-state index contributed by atoms with van der Waals surface area (Å²) >= 11 is 0. The molecule has 1 fully saturated rings. The molecule has 1 heteroatoms. The Morgan fingerprint density at radius 1 is 1.11 bits per heavy atom. The molecule has 1 N–H and O–H groups in total. The van der Waals surface area contributed by atoms with Crippen molar-refractivity contribution < 1.29 is 5.11 Å². The molecule has 19 heavy (non-hydrogen) atoms. The summed E-state index contributed by atoms with van der Waals surface area (Å²) in [7, 11) is 0. The predicted octanol–water partition coefficient (Wildman–Crippen LogP) is 4.99. The number of aliphatic hydroxyl groups is 1. The molecular weight excluding hydrogens is 232 g/mol. The van der Waals surface area contributed by atoms with E-state index in [1.165, 1.54) is 37.7 Å². The second-order valence-electron chi connectivity index (χ2n) is 6.70. The molecule has 0 aliphatic heterocycles. The molecule has 1 aromatic rings. The van der Waals surface area contributed by atoms with Crippen LogP contribution in [0, 0.1) is 5.92 Å². The van der Waals surface area contributed by atoms with Crippen molar-refractivity contribution in [2.75, 3.05) is 0 Å². The summed E-state index contributed by atoms with van der Waals surface area (Å²) in [6.07, 6.45) is 7.14. The van der Waals surface area contributed by atoms with Crippen molar-refractivity contribution in [3.8, 4) is 0 Å². The van der Waals surface area contributed by atoms with Crippen LogP contribution in [0.25, 0.3) is 0 Å². The van der Waals surface area contributed by atoms with E-state index in [4.69, 9.17) is 0 Å². The highest BCUT2D eigenvalue weighted by molar-refractivity contribution is 5.29. The van der Waals surface area contributed by atoms with Gasteiger partial charge in [0.2, 0.25) is 0 Å². The van der Waals surface area contributed by atoms with Crippen LogP contribution in [0.1, 0.15) is 76.5 Å². The van der Waals surface area contributed by atoms with E-state index in [1.54, 1.807) is 0 Å². The highest BCUT2D eigenvalue weighted by Gasteiger charge is 2.24. The van der Waals surface area contributed by atoms with E-state index in [0.717, 1.165) is 12.0 Å². The second-order valence-corrected chi connectivity index (χ2v) is 6.70. The van der Waals surface area contributed by atoms with E-state index in [-0.39, 0.29) is 11.5 Å². The van der Waals surface area contributed by atoms with Gasteiger partial charge in [-0.25, -0.2) is 0 Å². The lowest BCUT2D eigenvalue weighted by molar-refractivity contribution is 0.0848. The molecular formula is C18H28O. The van der Waals surface area contributed by atoms with Crippen molar-refractivity contribution in [1.29, 1.82) is 0 Å². The number of benzene rings is 1. The minimum Gasteiger partial charge on any atom is -0.388 e. The Bertz CT molecular complexity index is 385. The lowest BCUT2D eigenvalue weighted by atomic mass is 9.80. The second kappa shape index (κ2) is 6.09. The van der Waals surface area contributed by atoms with Gasteiger partial charge in [-0.2, -0.15) is 0 Å². The van der Waals surface area contributed by atoms with Crippen LogP contribution in [0.15, 0.2) is 24.3 Å². The zero-order valence-corrected chi connectivity index (χ0v) is 12.7. The first-order chi connectivity index (χ1) is 9.04. The molecule has 1 atom stereocenters. The van der Waals surface area contributed by atoms with E-state index in [9.17, 15) is 5.11 Å². The molecule has 1 nitrogen and oxygen atoms in total. The van der Waals surface area contributed by atoms with Gasteiger partial charge in [0.15, 0.2) is 0 Å². The number of aliphatic hydroxyl groups excluding tert-OH is 1. The maximum absolute atomic E-state index is 10.5. The van der Waals surface area contributed by atoms with E-state index in [0.29, 0.717) is 5.92 Å². The third-order valence-corrected chi connectivity index (χ3v) is 5.01. The minimum absolute atomic E-state index is 0.230. The van der Waals surface area contributed by atoms with Gasteiger partial charge < -0.3 is 5.11 Å². The molecule has 0 bridgehead atoms. The van der Waals surface area contributed by atoms with Crippen LogP contribution < -0.4 is 0 Å². The highest BCUT2D eigenvalue weighted by atomic mass is 16.3. The molecule has 1 unspecified atom stereocenters. The molecule has 1 aliphatic rings. The average molecular weight is 260 g/mol. The average Bonchev–Trinajstić information content (AvgIpc) is 2.47. The summed E-state index contributed by atoms with van der Waals surface area (Å²) in [5, 5.41) is 10.5. The predicted molar refractivity (Wildman–Crippen MR) is 81.3 cm³/mol. The molecule has 0 aromatic heterocycles. The van der Waals surface area contributed by atoms with Crippen molar-refractivity contribution in [3.05, 3.63) is 35.4 Å². The normalized spacial score (nSPS) is 19.4. The van der Waals surface area contributed by atoms with Crippen LogP contribution in [0.2, 0.25) is 0 Å². The highest BCUT2D eigenvalue weighted by Crippen LogP contribution is 2.35. The molecule has 1 aliphatic carbocycles. The number of rotatable bonds is 4. The van der Waals surface area contributed by atoms with Gasteiger partial charge in [0.1, 0.15) is 0 Å². The summed E-state index contributed by atoms with van der Waals surface area (Å²) in [4.78, 5) is 0. The van der Waals surface area contributed by atoms with Gasteiger partial charge in [-0.3, -0.25) is 0 Å². The molecule has 0 heterocycles. The fourth-order valence-corrected chi connectivity index (χ4v) is 3.06. The Balaban J connectivity index is 2.09. The lowest BCUT2D eigenvalue weighted by Crippen LogP contribution is -2.17. The summed E-state index contributed by atoms with van der Waals surface area (Å²) in [6, 6.07) is 8.66. The molecule has 2 rings (SSSR count). The molecule has 106 valence electrons. The molecule has 0 amide bonds. The summed E-state index contributed by atoms with van der Waals surface area (Å²) in [5.74, 6) is 0.471. The first-order valence-electron chi connectivity index (χ1n) is 7.83. The summed E-state index contributed by atoms with van der Waals surface area (Å²) in [5.41, 5.74) is 2.70. The van der Waals surface area contributed by atoms with Crippen molar-refractivity contribution in [2.45, 2.75) is 70.8 Å². The van der Waals surface area contributed by atoms with Gasteiger partial charge in [-0.1, -0.05) is 64.3 Å². The molecule has 0 radical (unpaired) electrons.